The Balaban J connectivity index is 2.68. The van der Waals surface area contributed by atoms with E-state index in [1.54, 1.807) is 13.0 Å². The lowest BCUT2D eigenvalue weighted by Gasteiger charge is -2.08. The van der Waals surface area contributed by atoms with Gasteiger partial charge in [-0.2, -0.15) is 0 Å². The van der Waals surface area contributed by atoms with Gasteiger partial charge in [0.25, 0.3) is 5.78 Å². The molecular formula is C10H7BrO5. The lowest BCUT2D eigenvalue weighted by atomic mass is 10.0. The van der Waals surface area contributed by atoms with E-state index >= 15 is 0 Å². The van der Waals surface area contributed by atoms with E-state index in [9.17, 15) is 9.59 Å². The molecule has 5 nitrogen and oxygen atoms in total. The third-order valence-corrected chi connectivity index (χ3v) is 3.10. The van der Waals surface area contributed by atoms with Crippen molar-refractivity contribution in [3.63, 3.8) is 0 Å². The minimum absolute atomic E-state index is 0.00880. The van der Waals surface area contributed by atoms with Crippen LogP contribution in [-0.4, -0.2) is 23.7 Å². The second-order valence-electron chi connectivity index (χ2n) is 3.23. The molecule has 0 aromatic heterocycles. The van der Waals surface area contributed by atoms with Gasteiger partial charge in [-0.15, -0.1) is 0 Å². The Morgan fingerprint density at radius 1 is 1.44 bits per heavy atom. The summed E-state index contributed by atoms with van der Waals surface area (Å²) in [5.41, 5.74) is 0.561. The van der Waals surface area contributed by atoms with Crippen molar-refractivity contribution >= 4 is 27.7 Å². The van der Waals surface area contributed by atoms with Crippen LogP contribution in [0.1, 0.15) is 15.9 Å². The number of benzene rings is 1. The van der Waals surface area contributed by atoms with Crippen LogP contribution in [0.3, 0.4) is 0 Å². The summed E-state index contributed by atoms with van der Waals surface area (Å²) in [6.07, 6.45) is 0. The van der Waals surface area contributed by atoms with E-state index in [1.807, 2.05) is 0 Å². The van der Waals surface area contributed by atoms with Gasteiger partial charge in [0, 0.05) is 4.47 Å². The van der Waals surface area contributed by atoms with Crippen LogP contribution < -0.4 is 9.47 Å². The average Bonchev–Trinajstić information content (AvgIpc) is 2.66. The highest BCUT2D eigenvalue weighted by Gasteiger charge is 2.29. The van der Waals surface area contributed by atoms with Gasteiger partial charge in [0.05, 0.1) is 5.56 Å². The second-order valence-corrected chi connectivity index (χ2v) is 4.08. The van der Waals surface area contributed by atoms with Gasteiger partial charge in [0.2, 0.25) is 6.79 Å². The van der Waals surface area contributed by atoms with Crippen molar-refractivity contribution in [3.8, 4) is 11.5 Å². The molecule has 1 aromatic carbocycles. The van der Waals surface area contributed by atoms with Gasteiger partial charge in [-0.05, 0) is 18.6 Å². The van der Waals surface area contributed by atoms with Crippen molar-refractivity contribution in [1.82, 2.24) is 0 Å². The number of hydrogen-bond acceptors (Lipinski definition) is 4. The summed E-state index contributed by atoms with van der Waals surface area (Å²) < 4.78 is 10.8. The molecule has 1 heterocycles. The van der Waals surface area contributed by atoms with E-state index in [0.717, 1.165) is 0 Å². The Morgan fingerprint density at radius 3 is 2.75 bits per heavy atom. The molecule has 0 saturated heterocycles. The number of aliphatic carboxylic acids is 1. The van der Waals surface area contributed by atoms with E-state index in [1.165, 1.54) is 0 Å². The first kappa shape index (κ1) is 10.9. The molecular weight excluding hydrogens is 280 g/mol. The quantitative estimate of drug-likeness (QED) is 0.662. The molecule has 0 amide bonds. The van der Waals surface area contributed by atoms with E-state index < -0.39 is 11.8 Å². The number of carboxylic acids is 1. The Hall–Kier alpha value is -1.56. The number of Topliss-reactive ketones (excluding diaryl/α,β-unsaturated/α-hetero) is 1. The number of ether oxygens (including phenoxy) is 2. The highest BCUT2D eigenvalue weighted by atomic mass is 79.9. The summed E-state index contributed by atoms with van der Waals surface area (Å²) >= 11 is 3.24. The molecule has 0 fully saturated rings. The van der Waals surface area contributed by atoms with Gasteiger partial charge in [-0.25, -0.2) is 4.79 Å². The number of hydrogen-bond donors (Lipinski definition) is 1. The molecule has 0 spiro atoms. The van der Waals surface area contributed by atoms with Crippen molar-refractivity contribution < 1.29 is 24.2 Å². The number of ketones is 1. The number of carbonyl (C=O) groups is 2. The Bertz CT molecular complexity index is 494. The smallest absolute Gasteiger partial charge is 0.377 e. The molecule has 1 N–H and O–H groups in total. The normalized spacial score (nSPS) is 12.6. The molecule has 16 heavy (non-hydrogen) atoms. The molecule has 0 unspecified atom stereocenters. The molecule has 0 bridgehead atoms. The van der Waals surface area contributed by atoms with Crippen molar-refractivity contribution in [2.45, 2.75) is 6.92 Å². The highest BCUT2D eigenvalue weighted by Crippen LogP contribution is 2.41. The van der Waals surface area contributed by atoms with Crippen molar-refractivity contribution in [2.24, 2.45) is 0 Å². The lowest BCUT2D eigenvalue weighted by Crippen LogP contribution is -2.15. The Kier molecular flexibility index (Phi) is 2.59. The van der Waals surface area contributed by atoms with Gasteiger partial charge < -0.3 is 14.6 Å². The van der Waals surface area contributed by atoms with E-state index in [4.69, 9.17) is 14.6 Å². The molecule has 1 aliphatic rings. The fraction of sp³-hybridized carbons (Fsp3) is 0.200. The first-order valence-electron chi connectivity index (χ1n) is 4.38. The number of halogens is 1. The number of rotatable bonds is 2. The van der Waals surface area contributed by atoms with Gasteiger partial charge >= 0.3 is 5.97 Å². The van der Waals surface area contributed by atoms with Crippen LogP contribution in [0.4, 0.5) is 0 Å². The summed E-state index contributed by atoms with van der Waals surface area (Å²) in [7, 11) is 0. The van der Waals surface area contributed by atoms with Gasteiger partial charge in [0.15, 0.2) is 11.5 Å². The fourth-order valence-electron chi connectivity index (χ4n) is 1.48. The first-order valence-corrected chi connectivity index (χ1v) is 5.18. The zero-order valence-corrected chi connectivity index (χ0v) is 9.83. The van der Waals surface area contributed by atoms with Gasteiger partial charge in [-0.1, -0.05) is 15.9 Å². The SMILES string of the molecule is Cc1c(Br)cc2c(c1C(=O)C(=O)O)OCO2. The molecule has 2 rings (SSSR count). The number of fused-ring (bicyclic) bond motifs is 1. The summed E-state index contributed by atoms with van der Waals surface area (Å²) in [6, 6.07) is 1.65. The van der Waals surface area contributed by atoms with Crippen LogP contribution >= 0.6 is 15.9 Å². The van der Waals surface area contributed by atoms with E-state index in [-0.39, 0.29) is 18.1 Å². The van der Waals surface area contributed by atoms with Crippen molar-refractivity contribution in [1.29, 1.82) is 0 Å². The van der Waals surface area contributed by atoms with Crippen LogP contribution in [0, 0.1) is 6.92 Å². The largest absolute Gasteiger partial charge is 0.475 e. The predicted octanol–water partition coefficient (Wildman–Crippen LogP) is 1.75. The maximum absolute atomic E-state index is 11.5. The lowest BCUT2D eigenvalue weighted by molar-refractivity contribution is -0.131. The van der Waals surface area contributed by atoms with Gasteiger partial charge in [-0.3, -0.25) is 4.79 Å². The maximum atomic E-state index is 11.5. The molecule has 0 radical (unpaired) electrons. The third kappa shape index (κ3) is 1.55. The Morgan fingerprint density at radius 2 is 2.12 bits per heavy atom. The molecule has 1 aromatic rings. The molecule has 1 aliphatic heterocycles. The van der Waals surface area contributed by atoms with Gasteiger partial charge in [0.1, 0.15) is 0 Å². The zero-order chi connectivity index (χ0) is 11.9. The molecule has 0 aliphatic carbocycles. The summed E-state index contributed by atoms with van der Waals surface area (Å²) in [4.78, 5) is 22.2. The molecule has 6 heteroatoms. The van der Waals surface area contributed by atoms with E-state index in [0.29, 0.717) is 15.8 Å². The predicted molar refractivity (Wildman–Crippen MR) is 57.0 cm³/mol. The Labute approximate surface area is 99.1 Å². The van der Waals surface area contributed by atoms with E-state index in [2.05, 4.69) is 15.9 Å². The van der Waals surface area contributed by atoms with Crippen LogP contribution in [0.25, 0.3) is 0 Å². The average molecular weight is 287 g/mol. The molecule has 0 atom stereocenters. The summed E-state index contributed by atoms with van der Waals surface area (Å²) in [5, 5.41) is 8.72. The molecule has 0 saturated carbocycles. The van der Waals surface area contributed by atoms with Crippen LogP contribution in [0.5, 0.6) is 11.5 Å². The fourth-order valence-corrected chi connectivity index (χ4v) is 1.89. The van der Waals surface area contributed by atoms with Crippen LogP contribution in [0.2, 0.25) is 0 Å². The third-order valence-electron chi connectivity index (χ3n) is 2.28. The maximum Gasteiger partial charge on any atom is 0.377 e. The zero-order valence-electron chi connectivity index (χ0n) is 8.24. The van der Waals surface area contributed by atoms with Crippen LogP contribution in [-0.2, 0) is 4.79 Å². The number of carboxylic acid groups (broad SMARTS) is 1. The number of carbonyl (C=O) groups excluding carboxylic acids is 1. The first-order chi connectivity index (χ1) is 7.52. The van der Waals surface area contributed by atoms with Crippen molar-refractivity contribution in [3.05, 3.63) is 21.7 Å². The summed E-state index contributed by atoms with van der Waals surface area (Å²) in [5.74, 6) is -1.94. The minimum Gasteiger partial charge on any atom is -0.475 e. The minimum atomic E-state index is -1.51. The monoisotopic (exact) mass is 286 g/mol. The topological polar surface area (TPSA) is 72.8 Å². The summed E-state index contributed by atoms with van der Waals surface area (Å²) in [6.45, 7) is 1.63. The standard InChI is InChI=1S/C10H7BrO5/c1-4-5(11)2-6-9(16-3-15-6)7(4)8(12)10(13)14/h2H,3H2,1H3,(H,13,14). The highest BCUT2D eigenvalue weighted by molar-refractivity contribution is 9.10. The molecule has 84 valence electrons. The second kappa shape index (κ2) is 3.79. The van der Waals surface area contributed by atoms with Crippen molar-refractivity contribution in [2.75, 3.05) is 6.79 Å². The van der Waals surface area contributed by atoms with Crippen LogP contribution in [0.15, 0.2) is 10.5 Å².